The van der Waals surface area contributed by atoms with Gasteiger partial charge in [0.1, 0.15) is 0 Å². The molecule has 0 aliphatic heterocycles. The molecule has 0 saturated carbocycles. The minimum absolute atomic E-state index is 0.579. The molecule has 0 fully saturated rings. The van der Waals surface area contributed by atoms with Gasteiger partial charge in [0.25, 0.3) is 0 Å². The van der Waals surface area contributed by atoms with Crippen LogP contribution in [0.4, 0.5) is 5.13 Å². The first kappa shape index (κ1) is 7.80. The van der Waals surface area contributed by atoms with E-state index in [1.807, 2.05) is 6.92 Å². The number of nitrogens with zero attached hydrogens (tertiary/aromatic N) is 1. The number of aromatic nitrogens is 1. The van der Waals surface area contributed by atoms with Crippen molar-refractivity contribution in [3.63, 3.8) is 0 Å². The summed E-state index contributed by atoms with van der Waals surface area (Å²) in [6.45, 7) is 2.02. The van der Waals surface area contributed by atoms with Gasteiger partial charge in [0.2, 0.25) is 0 Å². The zero-order valence-corrected chi connectivity index (χ0v) is 7.90. The van der Waals surface area contributed by atoms with Gasteiger partial charge in [0.05, 0.1) is 5.69 Å². The Bertz CT molecular complexity index is 282. The minimum atomic E-state index is 0.579. The topological polar surface area (TPSA) is 24.9 Å². The van der Waals surface area contributed by atoms with Crippen molar-refractivity contribution in [2.75, 3.05) is 5.32 Å². The molecule has 2 rings (SSSR count). The van der Waals surface area contributed by atoms with Crippen molar-refractivity contribution in [2.45, 2.75) is 25.8 Å². The third-order valence-corrected chi connectivity index (χ3v) is 2.85. The lowest BCUT2D eigenvalue weighted by Crippen LogP contribution is -2.14. The smallest absolute Gasteiger partial charge is 0.183 e. The highest BCUT2D eigenvalue weighted by atomic mass is 32.1. The molecule has 0 amide bonds. The summed E-state index contributed by atoms with van der Waals surface area (Å²) < 4.78 is 0. The number of thiazole rings is 1. The third kappa shape index (κ3) is 1.67. The summed E-state index contributed by atoms with van der Waals surface area (Å²) in [6, 6.07) is 0.579. The predicted octanol–water partition coefficient (Wildman–Crippen LogP) is 2.58. The maximum absolute atomic E-state index is 4.35. The number of hydrogen-bond acceptors (Lipinski definition) is 3. The highest BCUT2D eigenvalue weighted by molar-refractivity contribution is 7.13. The van der Waals surface area contributed by atoms with Crippen molar-refractivity contribution in [1.82, 2.24) is 4.98 Å². The van der Waals surface area contributed by atoms with Crippen LogP contribution in [0.1, 0.15) is 18.5 Å². The van der Waals surface area contributed by atoms with Crippen LogP contribution >= 0.6 is 11.3 Å². The van der Waals surface area contributed by atoms with E-state index in [1.165, 1.54) is 0 Å². The molecule has 1 aliphatic rings. The monoisotopic (exact) mass is 180 g/mol. The molecule has 1 N–H and O–H groups in total. The lowest BCUT2D eigenvalue weighted by Gasteiger charge is -2.09. The van der Waals surface area contributed by atoms with Gasteiger partial charge in [-0.2, -0.15) is 0 Å². The van der Waals surface area contributed by atoms with Gasteiger partial charge >= 0.3 is 0 Å². The first-order chi connectivity index (χ1) is 5.84. The van der Waals surface area contributed by atoms with E-state index in [0.29, 0.717) is 6.04 Å². The van der Waals surface area contributed by atoms with Crippen LogP contribution in [-0.4, -0.2) is 11.0 Å². The van der Waals surface area contributed by atoms with Crippen LogP contribution < -0.4 is 5.32 Å². The molecule has 12 heavy (non-hydrogen) atoms. The molecule has 0 spiro atoms. The first-order valence-corrected chi connectivity index (χ1v) is 5.06. The largest absolute Gasteiger partial charge is 0.358 e. The number of hydrogen-bond donors (Lipinski definition) is 1. The van der Waals surface area contributed by atoms with Crippen molar-refractivity contribution in [3.8, 4) is 0 Å². The summed E-state index contributed by atoms with van der Waals surface area (Å²) in [7, 11) is 0. The van der Waals surface area contributed by atoms with E-state index in [2.05, 4.69) is 27.8 Å². The average molecular weight is 180 g/mol. The van der Waals surface area contributed by atoms with Crippen LogP contribution in [0, 0.1) is 6.92 Å². The van der Waals surface area contributed by atoms with E-state index in [4.69, 9.17) is 0 Å². The lowest BCUT2D eigenvalue weighted by molar-refractivity contribution is 0.784. The summed E-state index contributed by atoms with van der Waals surface area (Å²) in [5.41, 5.74) is 1.11. The predicted molar refractivity (Wildman–Crippen MR) is 52.6 cm³/mol. The van der Waals surface area contributed by atoms with E-state index in [9.17, 15) is 0 Å². The summed E-state index contributed by atoms with van der Waals surface area (Å²) in [5, 5.41) is 6.54. The molecule has 0 radical (unpaired) electrons. The maximum Gasteiger partial charge on any atom is 0.183 e. The fraction of sp³-hybridized carbons (Fsp3) is 0.444. The molecule has 1 aromatic rings. The number of aryl methyl sites for hydroxylation is 1. The van der Waals surface area contributed by atoms with Gasteiger partial charge < -0.3 is 5.32 Å². The van der Waals surface area contributed by atoms with Crippen molar-refractivity contribution >= 4 is 16.5 Å². The van der Waals surface area contributed by atoms with Crippen molar-refractivity contribution in [3.05, 3.63) is 23.2 Å². The number of anilines is 1. The zero-order chi connectivity index (χ0) is 8.39. The summed E-state index contributed by atoms with van der Waals surface area (Å²) in [5.74, 6) is 0. The Hall–Kier alpha value is -0.830. The molecule has 0 atom stereocenters. The molecule has 0 unspecified atom stereocenters. The van der Waals surface area contributed by atoms with E-state index in [0.717, 1.165) is 23.7 Å². The summed E-state index contributed by atoms with van der Waals surface area (Å²) in [4.78, 5) is 4.35. The van der Waals surface area contributed by atoms with Crippen LogP contribution in [-0.2, 0) is 0 Å². The lowest BCUT2D eigenvalue weighted by atomic mass is 10.2. The van der Waals surface area contributed by atoms with Crippen LogP contribution in [0.15, 0.2) is 17.5 Å². The maximum atomic E-state index is 4.35. The minimum Gasteiger partial charge on any atom is -0.358 e. The molecule has 64 valence electrons. The SMILES string of the molecule is Cc1csc(NC2CC=CC2)n1. The first-order valence-electron chi connectivity index (χ1n) is 4.18. The Morgan fingerprint density at radius 2 is 2.25 bits per heavy atom. The van der Waals surface area contributed by atoms with Crippen LogP contribution in [0.5, 0.6) is 0 Å². The third-order valence-electron chi connectivity index (χ3n) is 1.95. The van der Waals surface area contributed by atoms with Gasteiger partial charge in [-0.1, -0.05) is 12.2 Å². The number of nitrogens with one attached hydrogen (secondary N) is 1. The molecule has 3 heteroatoms. The van der Waals surface area contributed by atoms with Gasteiger partial charge in [0, 0.05) is 11.4 Å². The van der Waals surface area contributed by atoms with Crippen LogP contribution in [0.3, 0.4) is 0 Å². The Labute approximate surface area is 76.3 Å². The Morgan fingerprint density at radius 3 is 2.83 bits per heavy atom. The Morgan fingerprint density at radius 1 is 1.50 bits per heavy atom. The van der Waals surface area contributed by atoms with E-state index in [1.54, 1.807) is 11.3 Å². The van der Waals surface area contributed by atoms with Crippen LogP contribution in [0.25, 0.3) is 0 Å². The van der Waals surface area contributed by atoms with E-state index < -0.39 is 0 Å². The molecule has 2 nitrogen and oxygen atoms in total. The molecular weight excluding hydrogens is 168 g/mol. The second kappa shape index (κ2) is 3.27. The molecule has 0 saturated heterocycles. The van der Waals surface area contributed by atoms with Crippen molar-refractivity contribution in [1.29, 1.82) is 0 Å². The standard InChI is InChI=1S/C9H12N2S/c1-7-6-12-9(10-7)11-8-4-2-3-5-8/h2-3,6,8H,4-5H2,1H3,(H,10,11). The van der Waals surface area contributed by atoms with E-state index in [-0.39, 0.29) is 0 Å². The molecule has 1 aromatic heterocycles. The zero-order valence-electron chi connectivity index (χ0n) is 7.08. The fourth-order valence-corrected chi connectivity index (χ4v) is 2.10. The Balaban J connectivity index is 1.95. The van der Waals surface area contributed by atoms with Gasteiger partial charge in [-0.05, 0) is 19.8 Å². The van der Waals surface area contributed by atoms with Gasteiger partial charge in [-0.15, -0.1) is 11.3 Å². The second-order valence-electron chi connectivity index (χ2n) is 3.08. The quantitative estimate of drug-likeness (QED) is 0.707. The fourth-order valence-electron chi connectivity index (χ4n) is 1.33. The normalized spacial score (nSPS) is 17.1. The molecule has 0 aromatic carbocycles. The molecular formula is C9H12N2S. The highest BCUT2D eigenvalue weighted by Crippen LogP contribution is 2.20. The number of rotatable bonds is 2. The van der Waals surface area contributed by atoms with Crippen molar-refractivity contribution in [2.24, 2.45) is 0 Å². The second-order valence-corrected chi connectivity index (χ2v) is 3.94. The molecule has 0 bridgehead atoms. The van der Waals surface area contributed by atoms with Crippen LogP contribution in [0.2, 0.25) is 0 Å². The Kier molecular flexibility index (Phi) is 2.13. The molecule has 1 heterocycles. The summed E-state index contributed by atoms with van der Waals surface area (Å²) in [6.07, 6.45) is 6.72. The van der Waals surface area contributed by atoms with E-state index >= 15 is 0 Å². The van der Waals surface area contributed by atoms with Gasteiger partial charge in [-0.3, -0.25) is 0 Å². The van der Waals surface area contributed by atoms with Gasteiger partial charge in [0.15, 0.2) is 5.13 Å². The highest BCUT2D eigenvalue weighted by Gasteiger charge is 2.10. The summed E-state index contributed by atoms with van der Waals surface area (Å²) >= 11 is 1.69. The average Bonchev–Trinajstić information content (AvgIpc) is 2.63. The molecule has 1 aliphatic carbocycles. The van der Waals surface area contributed by atoms with Crippen molar-refractivity contribution < 1.29 is 0 Å². The van der Waals surface area contributed by atoms with Gasteiger partial charge in [-0.25, -0.2) is 4.98 Å².